The first-order chi connectivity index (χ1) is 62.6. The van der Waals surface area contributed by atoms with Crippen LogP contribution in [-0.4, -0.2) is 355 Å². The van der Waals surface area contributed by atoms with Crippen molar-refractivity contribution in [2.75, 3.05) is 144 Å². The molecule has 42 nitrogen and oxygen atoms in total. The van der Waals surface area contributed by atoms with Gasteiger partial charge in [-0.1, -0.05) is 27.7 Å². The predicted octanol–water partition coefficient (Wildman–Crippen LogP) is 1.79. The molecule has 0 saturated carbocycles. The SMILES string of the molecule is CCNC(=O)c1nnc(-c2cc(C(C)C)c(O)cc2O)n1-c1ccc(OC2CCN(C(=O)CCNC(=O)[C@@H](CCC(=O)N3CCC(Oc4ccc(-n5c(C(=O)NCC)nnc5-c5cc(C(C)C)c(O)cc5O)cc4)CC3)CC(=O)CCCC(=O)[C@@H](CO)NC(=O)[C@@H](CO)CC(=O)[C@@H](CO)NC(=O)CN3CCN(CC(=O)O)CCN(CC(=O)O)CCN(CC(=O)O)CC3)CC2)cc1.[Lu]. The number of nitrogens with one attached hydrogen (secondary N) is 5. The summed E-state index contributed by atoms with van der Waals surface area (Å²) in [5.74, 6) is -12.3. The van der Waals surface area contributed by atoms with Crippen molar-refractivity contribution in [3.05, 3.63) is 95.6 Å². The van der Waals surface area contributed by atoms with Crippen LogP contribution in [0, 0.1) is 48.7 Å². The van der Waals surface area contributed by atoms with Crippen molar-refractivity contribution >= 4 is 76.6 Å². The molecule has 3 saturated heterocycles. The number of aliphatic carboxylic acids is 3. The molecule has 0 unspecified atom stereocenters. The van der Waals surface area contributed by atoms with E-state index in [1.165, 1.54) is 21.3 Å². The summed E-state index contributed by atoms with van der Waals surface area (Å²) in [6.07, 6.45) is -1.33. The van der Waals surface area contributed by atoms with Gasteiger partial charge in [0.1, 0.15) is 64.6 Å². The van der Waals surface area contributed by atoms with Gasteiger partial charge in [0, 0.05) is 229 Å². The number of rotatable bonds is 45. The van der Waals surface area contributed by atoms with Crippen LogP contribution in [0.2, 0.25) is 0 Å². The van der Waals surface area contributed by atoms with Crippen molar-refractivity contribution in [1.29, 1.82) is 0 Å². The molecule has 9 rings (SSSR count). The number of aliphatic hydroxyl groups excluding tert-OH is 3. The van der Waals surface area contributed by atoms with Crippen LogP contribution in [0.3, 0.4) is 0 Å². The first-order valence-corrected chi connectivity index (χ1v) is 44.1. The fourth-order valence-corrected chi connectivity index (χ4v) is 15.8. The number of phenols is 4. The van der Waals surface area contributed by atoms with Gasteiger partial charge in [0.2, 0.25) is 41.2 Å². The number of carbonyl (C=O) groups is 13. The number of aromatic nitrogens is 6. The molecule has 4 atom stereocenters. The fraction of sp³-hybridized carbons (Fsp3) is 0.539. The van der Waals surface area contributed by atoms with Gasteiger partial charge in [-0.2, -0.15) is 0 Å². The Morgan fingerprint density at radius 3 is 1.23 bits per heavy atom. The van der Waals surface area contributed by atoms with E-state index in [0.29, 0.717) is 85.9 Å². The van der Waals surface area contributed by atoms with Gasteiger partial charge in [-0.15, -0.1) is 20.4 Å². The summed E-state index contributed by atoms with van der Waals surface area (Å²) < 4.78 is 15.8. The number of aromatic hydroxyl groups is 4. The van der Waals surface area contributed by atoms with Gasteiger partial charge in [-0.25, -0.2) is 0 Å². The second-order valence-electron chi connectivity index (χ2n) is 33.4. The van der Waals surface area contributed by atoms with E-state index in [-0.39, 0.29) is 241 Å². The zero-order chi connectivity index (χ0) is 95.3. The number of carbonyl (C=O) groups excluding carboxylic acids is 10. The Labute approximate surface area is 791 Å². The average molecular weight is 2000 g/mol. The third-order valence-electron chi connectivity index (χ3n) is 23.1. The first-order valence-electron chi connectivity index (χ1n) is 44.1. The molecule has 1 radical (unpaired) electrons. The molecule has 5 heterocycles. The van der Waals surface area contributed by atoms with E-state index < -0.39 is 147 Å². The van der Waals surface area contributed by atoms with Crippen LogP contribution in [-0.2, 0) is 52.7 Å². The number of hydrogen-bond donors (Lipinski definition) is 15. The van der Waals surface area contributed by atoms with Crippen LogP contribution < -0.4 is 36.1 Å². The maximum atomic E-state index is 14.3. The van der Waals surface area contributed by atoms with E-state index in [9.17, 15) is 113 Å². The second kappa shape index (κ2) is 51.6. The number of piperidine rings is 2. The first kappa shape index (κ1) is 106. The zero-order valence-electron chi connectivity index (χ0n) is 74.8. The number of carboxylic acids is 3. The largest absolute Gasteiger partial charge is 0.508 e. The molecule has 3 aliphatic rings. The summed E-state index contributed by atoms with van der Waals surface area (Å²) in [6.45, 7) is 8.80. The molecule has 7 amide bonds. The Bertz CT molecular complexity index is 4950. The molecule has 2 aromatic heterocycles. The van der Waals surface area contributed by atoms with Crippen LogP contribution in [0.5, 0.6) is 34.5 Å². The molecule has 43 heteroatoms. The van der Waals surface area contributed by atoms with Gasteiger partial charge in [0.25, 0.3) is 11.8 Å². The molecule has 15 N–H and O–H groups in total. The third-order valence-corrected chi connectivity index (χ3v) is 23.1. The normalized spacial score (nSPS) is 15.7. The molecular formula is C89H121LuN17O25. The average Bonchev–Trinajstić information content (AvgIpc) is 1.61. The molecule has 0 aliphatic carbocycles. The van der Waals surface area contributed by atoms with Crippen LogP contribution in [0.15, 0.2) is 72.8 Å². The minimum absolute atomic E-state index is 0. The number of phenolic OH excluding ortho intramolecular Hbond substituents is 4. The smallest absolute Gasteiger partial charge is 0.317 e. The molecule has 6 aromatic rings. The van der Waals surface area contributed by atoms with E-state index in [0.717, 1.165) is 0 Å². The molecular weight excluding hydrogens is 1880 g/mol. The van der Waals surface area contributed by atoms with E-state index in [1.807, 2.05) is 27.7 Å². The zero-order valence-corrected chi connectivity index (χ0v) is 76.5. The number of carboxylic acid groups (broad SMARTS) is 3. The van der Waals surface area contributed by atoms with Gasteiger partial charge in [-0.3, -0.25) is 91.1 Å². The molecule has 727 valence electrons. The van der Waals surface area contributed by atoms with Crippen molar-refractivity contribution in [2.45, 2.75) is 155 Å². The van der Waals surface area contributed by atoms with Crippen molar-refractivity contribution in [1.82, 2.24) is 85.5 Å². The van der Waals surface area contributed by atoms with Crippen LogP contribution in [0.1, 0.15) is 163 Å². The minimum atomic E-state index is -1.62. The number of aliphatic hydroxyl groups is 3. The van der Waals surface area contributed by atoms with Gasteiger partial charge in [0.05, 0.1) is 63.0 Å². The summed E-state index contributed by atoms with van der Waals surface area (Å²) in [7, 11) is 0. The van der Waals surface area contributed by atoms with Crippen LogP contribution in [0.25, 0.3) is 34.2 Å². The maximum absolute atomic E-state index is 14.3. The summed E-state index contributed by atoms with van der Waals surface area (Å²) in [6, 6.07) is 16.0. The summed E-state index contributed by atoms with van der Waals surface area (Å²) >= 11 is 0. The summed E-state index contributed by atoms with van der Waals surface area (Å²) in [4.78, 5) is 182. The van der Waals surface area contributed by atoms with Crippen LogP contribution in [0.4, 0.5) is 0 Å². The van der Waals surface area contributed by atoms with Gasteiger partial charge in [0.15, 0.2) is 23.2 Å². The quantitative estimate of drug-likeness (QED) is 0.0259. The van der Waals surface area contributed by atoms with Crippen molar-refractivity contribution in [3.63, 3.8) is 0 Å². The predicted molar refractivity (Wildman–Crippen MR) is 471 cm³/mol. The number of hydrogen-bond acceptors (Lipinski definition) is 30. The number of benzene rings is 4. The number of likely N-dealkylation sites (tertiary alicyclic amines) is 2. The van der Waals surface area contributed by atoms with Crippen LogP contribution >= 0.6 is 0 Å². The Hall–Kier alpha value is -11.4. The van der Waals surface area contributed by atoms with E-state index >= 15 is 0 Å². The number of nitrogens with zero attached hydrogens (tertiary/aromatic N) is 12. The Morgan fingerprint density at radius 2 is 0.841 bits per heavy atom. The number of amides is 7. The Morgan fingerprint density at radius 1 is 0.439 bits per heavy atom. The minimum Gasteiger partial charge on any atom is -0.508 e. The van der Waals surface area contributed by atoms with Crippen molar-refractivity contribution in [2.24, 2.45) is 11.8 Å². The van der Waals surface area contributed by atoms with E-state index in [4.69, 9.17) is 9.47 Å². The topological polar surface area (TPSA) is 584 Å². The molecule has 0 bridgehead atoms. The Balaban J connectivity index is 0.0000215. The van der Waals surface area contributed by atoms with Gasteiger partial charge < -0.3 is 96.9 Å². The van der Waals surface area contributed by atoms with Gasteiger partial charge in [-0.05, 0) is 110 Å². The van der Waals surface area contributed by atoms with E-state index in [2.05, 4.69) is 47.0 Å². The van der Waals surface area contributed by atoms with Crippen molar-refractivity contribution < 1.29 is 160 Å². The standard InChI is InChI=1S/C89H121N17O25.Lu/c1-7-90-88(128)84-97-95-82(66-42-64(53(3)4)71(112)44-73(66)114)105(84)57-13-17-60(18-14-57)130-62-23-28-103(29-24-62)77(118)21-12-55(86(126)92-27-22-78(119)104-30-25-63(26-31-104)131-61-19-15-58(16-20-61)106-83(96-98-85(106)89(129)91-8-2)67-43-65(54(5)6)72(113)45-74(67)115)40-59(110)10-9-11-70(111)68(51-108)94-87(127)56(50-107)41-75(116)69(52-109)93-76(117)46-99-32-34-100(47-79(120)121)36-38-102(49-81(124)125)39-37-101(35-33-99)48-80(122)123;/h13-20,42-45,53-56,62-63,68-69,107-109,112-115H,7-12,21-41,46-52H2,1-6H3,(H,90,128)(H,91,129)(H,92,126)(H,93,117)(H,94,127)(H,120,121)(H,122,123)(H,124,125);/t55-,56+,68+,69+;/m0./s1. The molecule has 4 aromatic carbocycles. The fourth-order valence-electron chi connectivity index (χ4n) is 15.8. The third kappa shape index (κ3) is 30.6. The van der Waals surface area contributed by atoms with Crippen molar-refractivity contribution in [3.8, 4) is 68.6 Å². The second-order valence-corrected chi connectivity index (χ2v) is 33.4. The maximum Gasteiger partial charge on any atom is 0.317 e. The van der Waals surface area contributed by atoms with E-state index in [1.54, 1.807) is 104 Å². The van der Waals surface area contributed by atoms with Gasteiger partial charge >= 0.3 is 17.9 Å². The molecule has 0 spiro atoms. The number of ether oxygens (including phenoxy) is 2. The molecule has 3 fully saturated rings. The molecule has 132 heavy (non-hydrogen) atoms. The monoisotopic (exact) mass is 2000 g/mol. The summed E-state index contributed by atoms with van der Waals surface area (Å²) in [5.41, 5.74) is 2.47. The number of Topliss-reactive ketones (excluding diaryl/α,β-unsaturated/α-hetero) is 3. The summed E-state index contributed by atoms with van der Waals surface area (Å²) in [5, 5.41) is 133. The number of ketones is 3. The Kier molecular flexibility index (Phi) is 41.4. The molecule has 3 aliphatic heterocycles.